The normalized spacial score (nSPS) is 11.4. The fourth-order valence-corrected chi connectivity index (χ4v) is 3.55. The van der Waals surface area contributed by atoms with Gasteiger partial charge in [0.05, 0.1) is 31.6 Å². The number of halogens is 1. The molecule has 0 spiro atoms. The highest BCUT2D eigenvalue weighted by Gasteiger charge is 2.18. The molecule has 3 aromatic rings. The topological polar surface area (TPSA) is 155 Å². The lowest BCUT2D eigenvalue weighted by Crippen LogP contribution is -2.29. The molecule has 12 heteroatoms. The van der Waals surface area contributed by atoms with Crippen LogP contribution in [0.2, 0.25) is 5.02 Å². The van der Waals surface area contributed by atoms with E-state index < -0.39 is 26.1 Å². The molecule has 3 rings (SSSR count). The van der Waals surface area contributed by atoms with Crippen LogP contribution in [0, 0.1) is 10.1 Å². The van der Waals surface area contributed by atoms with Crippen molar-refractivity contribution < 1.29 is 13.3 Å². The predicted molar refractivity (Wildman–Crippen MR) is 94.1 cm³/mol. The molecule has 0 saturated heterocycles. The summed E-state index contributed by atoms with van der Waals surface area (Å²) in [6.45, 7) is 0. The first-order valence-electron chi connectivity index (χ1n) is 6.90. The Morgan fingerprint density at radius 1 is 1.00 bits per heavy atom. The van der Waals surface area contributed by atoms with Crippen LogP contribution in [0.3, 0.4) is 0 Å². The molecule has 0 saturated carbocycles. The van der Waals surface area contributed by atoms with Gasteiger partial charge in [0.25, 0.3) is 15.7 Å². The van der Waals surface area contributed by atoms with Gasteiger partial charge in [0.1, 0.15) is 0 Å². The maximum absolute atomic E-state index is 12.5. The van der Waals surface area contributed by atoms with Crippen molar-refractivity contribution in [2.75, 3.05) is 4.72 Å². The van der Waals surface area contributed by atoms with E-state index in [2.05, 4.69) is 14.7 Å². The summed E-state index contributed by atoms with van der Waals surface area (Å²) in [5.41, 5.74) is -1.74. The van der Waals surface area contributed by atoms with Crippen molar-refractivity contribution in [1.82, 2.24) is 9.97 Å². The average Bonchev–Trinajstić information content (AvgIpc) is 2.57. The second-order valence-corrected chi connectivity index (χ2v) is 7.23. The molecule has 0 radical (unpaired) electrons. The molecule has 0 aliphatic rings. The molecular weight excluding hydrogens is 388 g/mol. The summed E-state index contributed by atoms with van der Waals surface area (Å²) >= 11 is 5.88. The number of non-ortho nitro benzene ring substituents is 1. The summed E-state index contributed by atoms with van der Waals surface area (Å²) in [5, 5.41) is 10.5. The summed E-state index contributed by atoms with van der Waals surface area (Å²) in [4.78, 5) is 37.1. The highest BCUT2D eigenvalue weighted by Crippen LogP contribution is 2.28. The van der Waals surface area contributed by atoms with Crippen molar-refractivity contribution >= 4 is 44.0 Å². The van der Waals surface area contributed by atoms with Crippen molar-refractivity contribution in [3.05, 3.63) is 72.2 Å². The number of H-pyrrole nitrogens is 2. The quantitative estimate of drug-likeness (QED) is 0.345. The minimum absolute atomic E-state index is 0.0488. The van der Waals surface area contributed by atoms with Crippen LogP contribution in [0.5, 0.6) is 0 Å². The van der Waals surface area contributed by atoms with Gasteiger partial charge in [-0.2, -0.15) is 0 Å². The number of anilines is 1. The third-order valence-electron chi connectivity index (χ3n) is 3.41. The molecule has 1 aromatic heterocycles. The minimum Gasteiger partial charge on any atom is -0.316 e. The van der Waals surface area contributed by atoms with Crippen molar-refractivity contribution in [3.63, 3.8) is 0 Å². The van der Waals surface area contributed by atoms with Crippen LogP contribution in [-0.4, -0.2) is 23.3 Å². The van der Waals surface area contributed by atoms with E-state index in [0.29, 0.717) is 0 Å². The molecule has 26 heavy (non-hydrogen) atoms. The van der Waals surface area contributed by atoms with E-state index in [1.807, 2.05) is 0 Å². The van der Waals surface area contributed by atoms with Crippen molar-refractivity contribution in [2.24, 2.45) is 0 Å². The number of hydrogen-bond acceptors (Lipinski definition) is 6. The van der Waals surface area contributed by atoms with E-state index in [9.17, 15) is 28.1 Å². The molecule has 0 unspecified atom stereocenters. The van der Waals surface area contributed by atoms with Crippen molar-refractivity contribution in [3.8, 4) is 0 Å². The number of benzene rings is 2. The first kappa shape index (κ1) is 17.6. The standard InChI is InChI=1S/C14H9ClN4O6S/c15-9-5-7(19(22)23)1-3-10(9)18-26(24,25)8-2-4-11-12(6-8)17-14(21)13(20)16-11/h1-6,18H,(H,16,20)(H,17,21). The SMILES string of the molecule is O=c1[nH]c2ccc(S(=O)(=O)Nc3ccc([N+](=O)[O-])cc3Cl)cc2[nH]c1=O. The van der Waals surface area contributed by atoms with Crippen LogP contribution in [-0.2, 0) is 10.0 Å². The zero-order valence-electron chi connectivity index (χ0n) is 12.6. The molecule has 0 atom stereocenters. The number of nitro benzene ring substituents is 1. The van der Waals surface area contributed by atoms with Crippen LogP contribution in [0.4, 0.5) is 11.4 Å². The molecule has 1 heterocycles. The van der Waals surface area contributed by atoms with Gasteiger partial charge in [-0.15, -0.1) is 0 Å². The zero-order valence-corrected chi connectivity index (χ0v) is 14.2. The number of sulfonamides is 1. The molecule has 0 aliphatic carbocycles. The zero-order chi connectivity index (χ0) is 19.1. The molecule has 3 N–H and O–H groups in total. The van der Waals surface area contributed by atoms with Gasteiger partial charge in [0.2, 0.25) is 0 Å². The van der Waals surface area contributed by atoms with Crippen LogP contribution in [0.25, 0.3) is 11.0 Å². The molecule has 0 fully saturated rings. The predicted octanol–water partition coefficient (Wildman–Crippen LogP) is 1.58. The number of aromatic nitrogens is 2. The first-order valence-corrected chi connectivity index (χ1v) is 8.76. The molecule has 0 bridgehead atoms. The van der Waals surface area contributed by atoms with Gasteiger partial charge in [-0.05, 0) is 24.3 Å². The number of hydrogen-bond donors (Lipinski definition) is 3. The number of nitrogens with one attached hydrogen (secondary N) is 3. The summed E-state index contributed by atoms with van der Waals surface area (Å²) in [7, 11) is -4.10. The Bertz CT molecular complexity index is 1260. The average molecular weight is 397 g/mol. The number of fused-ring (bicyclic) bond motifs is 1. The Morgan fingerprint density at radius 3 is 2.27 bits per heavy atom. The minimum atomic E-state index is -4.10. The van der Waals surface area contributed by atoms with E-state index in [4.69, 9.17) is 11.6 Å². The fraction of sp³-hybridized carbons (Fsp3) is 0. The summed E-state index contributed by atoms with van der Waals surface area (Å²) in [6, 6.07) is 6.98. The van der Waals surface area contributed by atoms with Gasteiger partial charge in [-0.1, -0.05) is 11.6 Å². The van der Waals surface area contributed by atoms with Gasteiger partial charge < -0.3 is 9.97 Å². The highest BCUT2D eigenvalue weighted by molar-refractivity contribution is 7.92. The van der Waals surface area contributed by atoms with Crippen LogP contribution in [0.15, 0.2) is 50.9 Å². The third kappa shape index (κ3) is 3.30. The van der Waals surface area contributed by atoms with Crippen molar-refractivity contribution in [2.45, 2.75) is 4.90 Å². The Morgan fingerprint density at radius 2 is 1.65 bits per heavy atom. The summed E-state index contributed by atoms with van der Waals surface area (Å²) in [5.74, 6) is 0. The molecule has 10 nitrogen and oxygen atoms in total. The lowest BCUT2D eigenvalue weighted by atomic mass is 10.3. The number of rotatable bonds is 4. The highest BCUT2D eigenvalue weighted by atomic mass is 35.5. The van der Waals surface area contributed by atoms with Gasteiger partial charge in [-0.25, -0.2) is 8.42 Å². The summed E-state index contributed by atoms with van der Waals surface area (Å²) < 4.78 is 27.2. The monoisotopic (exact) mass is 396 g/mol. The van der Waals surface area contributed by atoms with E-state index in [1.54, 1.807) is 0 Å². The molecule has 0 aliphatic heterocycles. The largest absolute Gasteiger partial charge is 0.316 e. The number of nitrogens with zero attached hydrogens (tertiary/aromatic N) is 1. The van der Waals surface area contributed by atoms with E-state index in [1.165, 1.54) is 18.2 Å². The van der Waals surface area contributed by atoms with E-state index in [0.717, 1.165) is 18.2 Å². The second-order valence-electron chi connectivity index (χ2n) is 5.14. The Kier molecular flexibility index (Phi) is 4.26. The van der Waals surface area contributed by atoms with Gasteiger partial charge in [0, 0.05) is 12.1 Å². The number of aromatic amines is 2. The van der Waals surface area contributed by atoms with E-state index in [-0.39, 0.29) is 32.3 Å². The van der Waals surface area contributed by atoms with Gasteiger partial charge in [0.15, 0.2) is 0 Å². The van der Waals surface area contributed by atoms with Crippen LogP contribution < -0.4 is 15.8 Å². The molecule has 2 aromatic carbocycles. The lowest BCUT2D eigenvalue weighted by molar-refractivity contribution is -0.384. The van der Waals surface area contributed by atoms with Crippen LogP contribution in [0.1, 0.15) is 0 Å². The summed E-state index contributed by atoms with van der Waals surface area (Å²) in [6.07, 6.45) is 0. The van der Waals surface area contributed by atoms with E-state index >= 15 is 0 Å². The van der Waals surface area contributed by atoms with Gasteiger partial charge in [-0.3, -0.25) is 24.4 Å². The lowest BCUT2D eigenvalue weighted by Gasteiger charge is -2.10. The Balaban J connectivity index is 2.02. The van der Waals surface area contributed by atoms with Crippen molar-refractivity contribution in [1.29, 1.82) is 0 Å². The first-order chi connectivity index (χ1) is 12.2. The second kappa shape index (κ2) is 6.28. The molecule has 0 amide bonds. The third-order valence-corrected chi connectivity index (χ3v) is 5.09. The van der Waals surface area contributed by atoms with Crippen LogP contribution >= 0.6 is 11.6 Å². The molecule has 134 valence electrons. The molecular formula is C14H9ClN4O6S. The Hall–Kier alpha value is -3.18. The smallest absolute Gasteiger partial charge is 0.314 e. The van der Waals surface area contributed by atoms with Gasteiger partial charge >= 0.3 is 11.1 Å². The maximum Gasteiger partial charge on any atom is 0.314 e. The fourth-order valence-electron chi connectivity index (χ4n) is 2.17. The maximum atomic E-state index is 12.5. The Labute approximate surface area is 149 Å². The number of nitro groups is 1.